The van der Waals surface area contributed by atoms with Crippen LogP contribution in [0.15, 0.2) is 42.9 Å². The highest BCUT2D eigenvalue weighted by Gasteiger charge is 2.32. The maximum atomic E-state index is 12.4. The summed E-state index contributed by atoms with van der Waals surface area (Å²) in [6, 6.07) is 10.3. The smallest absolute Gasteiger partial charge is 0.410 e. The van der Waals surface area contributed by atoms with Crippen molar-refractivity contribution < 1.29 is 9.53 Å². The predicted molar refractivity (Wildman–Crippen MR) is 93.6 cm³/mol. The summed E-state index contributed by atoms with van der Waals surface area (Å²) >= 11 is 0. The Kier molecular flexibility index (Phi) is 4.60. The maximum absolute atomic E-state index is 12.4. The zero-order chi connectivity index (χ0) is 17.2. The van der Waals surface area contributed by atoms with E-state index in [1.54, 1.807) is 0 Å². The Balaban J connectivity index is 1.67. The van der Waals surface area contributed by atoms with E-state index in [-0.39, 0.29) is 12.1 Å². The highest BCUT2D eigenvalue weighted by molar-refractivity contribution is 5.69. The highest BCUT2D eigenvalue weighted by Crippen LogP contribution is 2.23. The molecule has 0 aliphatic carbocycles. The molecule has 0 radical (unpaired) electrons. The summed E-state index contributed by atoms with van der Waals surface area (Å²) in [4.78, 5) is 18.7. The summed E-state index contributed by atoms with van der Waals surface area (Å²) in [5, 5.41) is 0. The molecular weight excluding hydrogens is 302 g/mol. The van der Waals surface area contributed by atoms with Gasteiger partial charge in [-0.15, -0.1) is 0 Å². The molecule has 1 aliphatic heterocycles. The third-order valence-electron chi connectivity index (χ3n) is 4.13. The first-order valence-corrected chi connectivity index (χ1v) is 8.49. The van der Waals surface area contributed by atoms with E-state index >= 15 is 0 Å². The molecule has 128 valence electrons. The largest absolute Gasteiger partial charge is 0.444 e. The summed E-state index contributed by atoms with van der Waals surface area (Å²) in [5.41, 5.74) is 1.60. The molecule has 0 bridgehead atoms. The Morgan fingerprint density at radius 1 is 1.29 bits per heavy atom. The molecule has 0 N–H and O–H groups in total. The van der Waals surface area contributed by atoms with E-state index < -0.39 is 5.60 Å². The van der Waals surface area contributed by atoms with Crippen LogP contribution < -0.4 is 0 Å². The summed E-state index contributed by atoms with van der Waals surface area (Å²) < 4.78 is 7.59. The number of carbonyl (C=O) groups is 1. The molecule has 1 aromatic carbocycles. The van der Waals surface area contributed by atoms with Crippen LogP contribution in [0.4, 0.5) is 4.79 Å². The number of ether oxygens (including phenoxy) is 1. The molecule has 3 rings (SSSR count). The number of carbonyl (C=O) groups excluding carboxylic acids is 1. The SMILES string of the molecule is CC(C)(C)OC(=O)N1CCC[C@H]1Cn1cnc(-c2ccccc2)c1. The second kappa shape index (κ2) is 6.67. The first-order chi connectivity index (χ1) is 11.4. The predicted octanol–water partition coefficient (Wildman–Crippen LogP) is 3.95. The molecular formula is C19H25N3O2. The number of rotatable bonds is 3. The number of imidazole rings is 1. The fourth-order valence-corrected chi connectivity index (χ4v) is 3.05. The molecule has 2 heterocycles. The van der Waals surface area contributed by atoms with Crippen molar-refractivity contribution in [2.45, 2.75) is 51.8 Å². The van der Waals surface area contributed by atoms with Gasteiger partial charge in [0.25, 0.3) is 0 Å². The summed E-state index contributed by atoms with van der Waals surface area (Å²) in [6.07, 6.45) is 5.69. The second-order valence-electron chi connectivity index (χ2n) is 7.29. The van der Waals surface area contributed by atoms with Crippen molar-refractivity contribution in [1.29, 1.82) is 0 Å². The minimum atomic E-state index is -0.459. The Labute approximate surface area is 143 Å². The third kappa shape index (κ3) is 3.96. The molecule has 1 amide bonds. The highest BCUT2D eigenvalue weighted by atomic mass is 16.6. The van der Waals surface area contributed by atoms with Gasteiger partial charge in [-0.1, -0.05) is 30.3 Å². The van der Waals surface area contributed by atoms with Gasteiger partial charge >= 0.3 is 6.09 Å². The van der Waals surface area contributed by atoms with E-state index in [2.05, 4.69) is 21.7 Å². The number of aromatic nitrogens is 2. The Hall–Kier alpha value is -2.30. The Morgan fingerprint density at radius 2 is 2.04 bits per heavy atom. The van der Waals surface area contributed by atoms with Crippen molar-refractivity contribution in [3.8, 4) is 11.3 Å². The lowest BCUT2D eigenvalue weighted by molar-refractivity contribution is 0.0214. The van der Waals surface area contributed by atoms with Crippen LogP contribution in [0.5, 0.6) is 0 Å². The van der Waals surface area contributed by atoms with Crippen molar-refractivity contribution >= 4 is 6.09 Å². The van der Waals surface area contributed by atoms with E-state index in [0.29, 0.717) is 0 Å². The van der Waals surface area contributed by atoms with Crippen LogP contribution in [0.3, 0.4) is 0 Å². The molecule has 5 nitrogen and oxygen atoms in total. The molecule has 1 aliphatic rings. The maximum Gasteiger partial charge on any atom is 0.410 e. The first kappa shape index (κ1) is 16.6. The van der Waals surface area contributed by atoms with Crippen molar-refractivity contribution in [2.75, 3.05) is 6.54 Å². The van der Waals surface area contributed by atoms with Crippen LogP contribution in [0.2, 0.25) is 0 Å². The first-order valence-electron chi connectivity index (χ1n) is 8.49. The molecule has 0 spiro atoms. The number of hydrogen-bond acceptors (Lipinski definition) is 3. The molecule has 2 aromatic rings. The number of amides is 1. The standard InChI is InChI=1S/C19H25N3O2/c1-19(2,3)24-18(23)22-11-7-10-16(22)12-21-13-17(20-14-21)15-8-5-4-6-9-15/h4-6,8-9,13-14,16H,7,10-12H2,1-3H3/t16-/m0/s1. The van der Waals surface area contributed by atoms with Crippen LogP contribution in [-0.4, -0.2) is 38.7 Å². The molecule has 5 heteroatoms. The van der Waals surface area contributed by atoms with Gasteiger partial charge in [0.05, 0.1) is 18.1 Å². The van der Waals surface area contributed by atoms with Crippen LogP contribution in [-0.2, 0) is 11.3 Å². The number of benzene rings is 1. The molecule has 1 aromatic heterocycles. The Morgan fingerprint density at radius 3 is 2.75 bits per heavy atom. The second-order valence-corrected chi connectivity index (χ2v) is 7.29. The van der Waals surface area contributed by atoms with E-state index in [9.17, 15) is 4.79 Å². The van der Waals surface area contributed by atoms with Gasteiger partial charge in [-0.25, -0.2) is 9.78 Å². The number of likely N-dealkylation sites (tertiary alicyclic amines) is 1. The van der Waals surface area contributed by atoms with Gasteiger partial charge in [0.1, 0.15) is 5.60 Å². The van der Waals surface area contributed by atoms with Crippen molar-refractivity contribution in [2.24, 2.45) is 0 Å². The van der Waals surface area contributed by atoms with Gasteiger partial charge in [-0.2, -0.15) is 0 Å². The zero-order valence-electron chi connectivity index (χ0n) is 14.6. The van der Waals surface area contributed by atoms with E-state index in [1.165, 1.54) is 0 Å². The topological polar surface area (TPSA) is 47.4 Å². The minimum absolute atomic E-state index is 0.165. The third-order valence-corrected chi connectivity index (χ3v) is 4.13. The van der Waals surface area contributed by atoms with Crippen molar-refractivity contribution in [3.05, 3.63) is 42.9 Å². The Bertz CT molecular complexity index is 688. The van der Waals surface area contributed by atoms with E-state index in [1.807, 2.05) is 56.4 Å². The monoisotopic (exact) mass is 327 g/mol. The molecule has 0 saturated carbocycles. The van der Waals surface area contributed by atoms with Crippen molar-refractivity contribution in [3.63, 3.8) is 0 Å². The van der Waals surface area contributed by atoms with Gasteiger partial charge in [0.2, 0.25) is 0 Å². The normalized spacial score (nSPS) is 18.0. The number of nitrogens with zero attached hydrogens (tertiary/aromatic N) is 3. The number of hydrogen-bond donors (Lipinski definition) is 0. The lowest BCUT2D eigenvalue weighted by Crippen LogP contribution is -2.41. The lowest BCUT2D eigenvalue weighted by atomic mass is 10.2. The van der Waals surface area contributed by atoms with Gasteiger partial charge in [0, 0.05) is 24.8 Å². The van der Waals surface area contributed by atoms with E-state index in [0.717, 1.165) is 37.2 Å². The summed E-state index contributed by atoms with van der Waals surface area (Å²) in [6.45, 7) is 7.22. The molecule has 1 atom stereocenters. The van der Waals surface area contributed by atoms with E-state index in [4.69, 9.17) is 4.74 Å². The van der Waals surface area contributed by atoms with Crippen LogP contribution >= 0.6 is 0 Å². The zero-order valence-corrected chi connectivity index (χ0v) is 14.6. The summed E-state index contributed by atoms with van der Waals surface area (Å²) in [5.74, 6) is 0. The average molecular weight is 327 g/mol. The molecule has 1 fully saturated rings. The van der Waals surface area contributed by atoms with Crippen LogP contribution in [0.1, 0.15) is 33.6 Å². The quantitative estimate of drug-likeness (QED) is 0.857. The summed E-state index contributed by atoms with van der Waals surface area (Å²) in [7, 11) is 0. The molecule has 24 heavy (non-hydrogen) atoms. The fraction of sp³-hybridized carbons (Fsp3) is 0.474. The van der Waals surface area contributed by atoms with Crippen LogP contribution in [0, 0.1) is 0 Å². The van der Waals surface area contributed by atoms with Gasteiger partial charge in [0.15, 0.2) is 0 Å². The van der Waals surface area contributed by atoms with Gasteiger partial charge < -0.3 is 14.2 Å². The minimum Gasteiger partial charge on any atom is -0.444 e. The van der Waals surface area contributed by atoms with Gasteiger partial charge in [-0.05, 0) is 33.6 Å². The van der Waals surface area contributed by atoms with Crippen LogP contribution in [0.25, 0.3) is 11.3 Å². The molecule has 1 saturated heterocycles. The fourth-order valence-electron chi connectivity index (χ4n) is 3.05. The lowest BCUT2D eigenvalue weighted by Gasteiger charge is -2.28. The molecule has 0 unspecified atom stereocenters. The van der Waals surface area contributed by atoms with Gasteiger partial charge in [-0.3, -0.25) is 0 Å². The van der Waals surface area contributed by atoms with Crippen molar-refractivity contribution in [1.82, 2.24) is 14.5 Å². The average Bonchev–Trinajstić information content (AvgIpc) is 3.16.